The van der Waals surface area contributed by atoms with Crippen molar-refractivity contribution < 1.29 is 9.90 Å². The van der Waals surface area contributed by atoms with E-state index in [2.05, 4.69) is 24.2 Å². The lowest BCUT2D eigenvalue weighted by Gasteiger charge is -2.20. The van der Waals surface area contributed by atoms with Crippen LogP contribution >= 0.6 is 0 Å². The highest BCUT2D eigenvalue weighted by molar-refractivity contribution is 5.92. The molecule has 0 spiro atoms. The number of benzene rings is 1. The van der Waals surface area contributed by atoms with E-state index >= 15 is 0 Å². The van der Waals surface area contributed by atoms with Gasteiger partial charge in [-0.15, -0.1) is 5.10 Å². The Morgan fingerprint density at radius 1 is 1.45 bits per heavy atom. The summed E-state index contributed by atoms with van der Waals surface area (Å²) in [5.74, 6) is 0.406. The standard InChI is InChI=1S/C15H19N3O2/c1-3-10-4-6-13(9(10)2)18-14-7-5-11(15(19)20)8-12(14)16-17-18/h5,7-10,13H,3-4,6H2,1-2H3,(H,19,20). The molecule has 5 heteroatoms. The number of rotatable bonds is 3. The molecule has 1 heterocycles. The molecule has 20 heavy (non-hydrogen) atoms. The topological polar surface area (TPSA) is 68.0 Å². The first kappa shape index (κ1) is 13.1. The molecule has 3 unspecified atom stereocenters. The van der Waals surface area contributed by atoms with Crippen molar-refractivity contribution in [1.29, 1.82) is 0 Å². The molecule has 2 aromatic rings. The van der Waals surface area contributed by atoms with E-state index in [1.54, 1.807) is 12.1 Å². The fourth-order valence-corrected chi connectivity index (χ4v) is 3.47. The number of carboxylic acid groups (broad SMARTS) is 1. The quantitative estimate of drug-likeness (QED) is 0.932. The SMILES string of the molecule is CCC1CCC(n2nnc3cc(C(=O)O)ccc32)C1C. The van der Waals surface area contributed by atoms with Crippen LogP contribution in [0.2, 0.25) is 0 Å². The van der Waals surface area contributed by atoms with E-state index in [1.807, 2.05) is 10.7 Å². The zero-order valence-electron chi connectivity index (χ0n) is 11.8. The maximum atomic E-state index is 11.0. The van der Waals surface area contributed by atoms with E-state index in [4.69, 9.17) is 5.11 Å². The van der Waals surface area contributed by atoms with Gasteiger partial charge in [-0.05, 0) is 42.9 Å². The highest BCUT2D eigenvalue weighted by Gasteiger charge is 2.34. The van der Waals surface area contributed by atoms with Gasteiger partial charge in [-0.3, -0.25) is 0 Å². The van der Waals surface area contributed by atoms with Crippen LogP contribution in [0, 0.1) is 11.8 Å². The molecule has 0 radical (unpaired) electrons. The summed E-state index contributed by atoms with van der Waals surface area (Å²) in [7, 11) is 0. The van der Waals surface area contributed by atoms with E-state index in [9.17, 15) is 4.79 Å². The minimum atomic E-state index is -0.929. The third kappa shape index (κ3) is 1.97. The lowest BCUT2D eigenvalue weighted by molar-refractivity contribution is 0.0697. The van der Waals surface area contributed by atoms with Crippen molar-refractivity contribution in [3.63, 3.8) is 0 Å². The summed E-state index contributed by atoms with van der Waals surface area (Å²) in [6, 6.07) is 5.42. The molecule has 0 aliphatic heterocycles. The predicted molar refractivity (Wildman–Crippen MR) is 75.7 cm³/mol. The minimum absolute atomic E-state index is 0.260. The number of fused-ring (bicyclic) bond motifs is 1. The number of hydrogen-bond acceptors (Lipinski definition) is 3. The Bertz CT molecular complexity index is 650. The first-order chi connectivity index (χ1) is 9.61. The highest BCUT2D eigenvalue weighted by Crippen LogP contribution is 2.42. The predicted octanol–water partition coefficient (Wildman–Crippen LogP) is 3.13. The fourth-order valence-electron chi connectivity index (χ4n) is 3.47. The van der Waals surface area contributed by atoms with E-state index in [1.165, 1.54) is 12.8 Å². The van der Waals surface area contributed by atoms with Crippen molar-refractivity contribution in [2.24, 2.45) is 11.8 Å². The van der Waals surface area contributed by atoms with Gasteiger partial charge < -0.3 is 5.11 Å². The first-order valence-corrected chi connectivity index (χ1v) is 7.20. The molecule has 1 saturated carbocycles. The van der Waals surface area contributed by atoms with Gasteiger partial charge in [-0.1, -0.05) is 25.5 Å². The van der Waals surface area contributed by atoms with Crippen molar-refractivity contribution in [3.05, 3.63) is 23.8 Å². The molecule has 1 aromatic heterocycles. The summed E-state index contributed by atoms with van der Waals surface area (Å²) in [6.07, 6.45) is 3.56. The molecule has 0 saturated heterocycles. The summed E-state index contributed by atoms with van der Waals surface area (Å²) in [4.78, 5) is 11.0. The molecule has 1 fully saturated rings. The smallest absolute Gasteiger partial charge is 0.335 e. The van der Waals surface area contributed by atoms with Crippen LogP contribution in [0.25, 0.3) is 11.0 Å². The van der Waals surface area contributed by atoms with Crippen LogP contribution in [0.3, 0.4) is 0 Å². The van der Waals surface area contributed by atoms with E-state index in [0.29, 0.717) is 17.5 Å². The third-order valence-corrected chi connectivity index (χ3v) is 4.74. The average Bonchev–Trinajstić information content (AvgIpc) is 3.01. The molecule has 1 aromatic carbocycles. The van der Waals surface area contributed by atoms with Gasteiger partial charge >= 0.3 is 5.97 Å². The summed E-state index contributed by atoms with van der Waals surface area (Å²) >= 11 is 0. The normalized spacial score (nSPS) is 26.2. The molecule has 0 bridgehead atoms. The minimum Gasteiger partial charge on any atom is -0.478 e. The largest absolute Gasteiger partial charge is 0.478 e. The lowest BCUT2D eigenvalue weighted by Crippen LogP contribution is -2.16. The Morgan fingerprint density at radius 2 is 2.25 bits per heavy atom. The second kappa shape index (κ2) is 4.89. The number of hydrogen-bond donors (Lipinski definition) is 1. The maximum absolute atomic E-state index is 11.0. The molecule has 1 aliphatic carbocycles. The Kier molecular flexibility index (Phi) is 3.20. The number of carbonyl (C=O) groups is 1. The summed E-state index contributed by atoms with van der Waals surface area (Å²) < 4.78 is 1.99. The number of carboxylic acids is 1. The second-order valence-corrected chi connectivity index (χ2v) is 5.71. The third-order valence-electron chi connectivity index (χ3n) is 4.74. The average molecular weight is 273 g/mol. The van der Waals surface area contributed by atoms with Gasteiger partial charge in [-0.2, -0.15) is 0 Å². The zero-order valence-corrected chi connectivity index (χ0v) is 11.8. The summed E-state index contributed by atoms with van der Waals surface area (Å²) in [5, 5.41) is 17.4. The van der Waals surface area contributed by atoms with Gasteiger partial charge in [0.2, 0.25) is 0 Å². The number of aromatic carboxylic acids is 1. The van der Waals surface area contributed by atoms with Crippen LogP contribution in [0.5, 0.6) is 0 Å². The molecular weight excluding hydrogens is 254 g/mol. The van der Waals surface area contributed by atoms with Gasteiger partial charge in [0.25, 0.3) is 0 Å². The molecule has 106 valence electrons. The lowest BCUT2D eigenvalue weighted by atomic mass is 9.93. The molecule has 5 nitrogen and oxygen atoms in total. The van der Waals surface area contributed by atoms with Crippen molar-refractivity contribution >= 4 is 17.0 Å². The fraction of sp³-hybridized carbons (Fsp3) is 0.533. The van der Waals surface area contributed by atoms with Crippen LogP contribution in [0.1, 0.15) is 49.5 Å². The molecule has 3 atom stereocenters. The zero-order chi connectivity index (χ0) is 14.3. The Morgan fingerprint density at radius 3 is 2.90 bits per heavy atom. The monoisotopic (exact) mass is 273 g/mol. The number of nitrogens with zero attached hydrogens (tertiary/aromatic N) is 3. The van der Waals surface area contributed by atoms with Crippen LogP contribution in [-0.4, -0.2) is 26.1 Å². The maximum Gasteiger partial charge on any atom is 0.335 e. The Balaban J connectivity index is 1.99. The number of aromatic nitrogens is 3. The molecule has 3 rings (SSSR count). The van der Waals surface area contributed by atoms with Gasteiger partial charge in [0.05, 0.1) is 17.1 Å². The van der Waals surface area contributed by atoms with E-state index in [0.717, 1.165) is 17.9 Å². The Hall–Kier alpha value is -1.91. The summed E-state index contributed by atoms with van der Waals surface area (Å²) in [5.41, 5.74) is 1.86. The van der Waals surface area contributed by atoms with E-state index < -0.39 is 5.97 Å². The van der Waals surface area contributed by atoms with Crippen LogP contribution in [0.15, 0.2) is 18.2 Å². The van der Waals surface area contributed by atoms with Crippen LogP contribution < -0.4 is 0 Å². The van der Waals surface area contributed by atoms with Crippen molar-refractivity contribution in [1.82, 2.24) is 15.0 Å². The Labute approximate surface area is 117 Å². The van der Waals surface area contributed by atoms with Gasteiger partial charge in [0.15, 0.2) is 0 Å². The van der Waals surface area contributed by atoms with Crippen LogP contribution in [0.4, 0.5) is 0 Å². The van der Waals surface area contributed by atoms with Crippen molar-refractivity contribution in [3.8, 4) is 0 Å². The molecular formula is C15H19N3O2. The van der Waals surface area contributed by atoms with Gasteiger partial charge in [0.1, 0.15) is 5.52 Å². The van der Waals surface area contributed by atoms with Gasteiger partial charge in [-0.25, -0.2) is 9.48 Å². The molecule has 1 N–H and O–H groups in total. The van der Waals surface area contributed by atoms with Crippen molar-refractivity contribution in [2.45, 2.75) is 39.2 Å². The molecule has 0 amide bonds. The van der Waals surface area contributed by atoms with Gasteiger partial charge in [0, 0.05) is 0 Å². The summed E-state index contributed by atoms with van der Waals surface area (Å²) in [6.45, 7) is 4.52. The van der Waals surface area contributed by atoms with Crippen LogP contribution in [-0.2, 0) is 0 Å². The second-order valence-electron chi connectivity index (χ2n) is 5.71. The van der Waals surface area contributed by atoms with E-state index in [-0.39, 0.29) is 5.56 Å². The van der Waals surface area contributed by atoms with Crippen molar-refractivity contribution in [2.75, 3.05) is 0 Å². The molecule has 1 aliphatic rings. The first-order valence-electron chi connectivity index (χ1n) is 7.20. The highest BCUT2D eigenvalue weighted by atomic mass is 16.4.